The lowest BCUT2D eigenvalue weighted by Gasteiger charge is -2.08. The third kappa shape index (κ3) is 1.83. The molecule has 1 aromatic carbocycles. The van der Waals surface area contributed by atoms with Gasteiger partial charge < -0.3 is 5.73 Å². The molecule has 1 aromatic heterocycles. The van der Waals surface area contributed by atoms with Gasteiger partial charge in [0.1, 0.15) is 11.3 Å². The molecule has 0 aliphatic heterocycles. The standard InChI is InChI=1S/C12H13FN2/c1-7-3-4-9-5-10(8(2)14)6-11(13)12(9)15-7/h3-6,8H,14H2,1-2H3. The van der Waals surface area contributed by atoms with Crippen molar-refractivity contribution in [1.82, 2.24) is 4.98 Å². The lowest BCUT2D eigenvalue weighted by Crippen LogP contribution is -2.05. The number of nitrogens with zero attached hydrogens (tertiary/aromatic N) is 1. The van der Waals surface area contributed by atoms with Crippen molar-refractivity contribution in [3.63, 3.8) is 0 Å². The Morgan fingerprint density at radius 2 is 2.07 bits per heavy atom. The Morgan fingerprint density at radius 3 is 2.73 bits per heavy atom. The molecule has 0 bridgehead atoms. The van der Waals surface area contributed by atoms with Gasteiger partial charge in [-0.05, 0) is 37.6 Å². The Labute approximate surface area is 87.9 Å². The van der Waals surface area contributed by atoms with Crippen molar-refractivity contribution >= 4 is 10.9 Å². The first-order chi connectivity index (χ1) is 7.08. The molecule has 3 heteroatoms. The van der Waals surface area contributed by atoms with E-state index < -0.39 is 0 Å². The van der Waals surface area contributed by atoms with Gasteiger partial charge in [-0.2, -0.15) is 0 Å². The average Bonchev–Trinajstić information content (AvgIpc) is 2.18. The minimum atomic E-state index is -0.302. The Hall–Kier alpha value is -1.48. The molecule has 0 spiro atoms. The number of aromatic nitrogens is 1. The molecule has 2 N–H and O–H groups in total. The fourth-order valence-electron chi connectivity index (χ4n) is 1.57. The van der Waals surface area contributed by atoms with E-state index in [1.54, 1.807) is 0 Å². The largest absolute Gasteiger partial charge is 0.324 e. The summed E-state index contributed by atoms with van der Waals surface area (Å²) in [4.78, 5) is 4.16. The maximum atomic E-state index is 13.7. The van der Waals surface area contributed by atoms with Gasteiger partial charge in [0, 0.05) is 17.1 Å². The molecule has 1 heterocycles. The first-order valence-electron chi connectivity index (χ1n) is 4.90. The van der Waals surface area contributed by atoms with Crippen molar-refractivity contribution in [2.45, 2.75) is 19.9 Å². The predicted octanol–water partition coefficient (Wildman–Crippen LogP) is 2.70. The minimum absolute atomic E-state index is 0.162. The summed E-state index contributed by atoms with van der Waals surface area (Å²) < 4.78 is 13.7. The molecule has 0 radical (unpaired) electrons. The van der Waals surface area contributed by atoms with Gasteiger partial charge in [-0.3, -0.25) is 4.98 Å². The maximum Gasteiger partial charge on any atom is 0.149 e. The topological polar surface area (TPSA) is 38.9 Å². The Kier molecular flexibility index (Phi) is 2.40. The molecule has 1 unspecified atom stereocenters. The van der Waals surface area contributed by atoms with Crippen molar-refractivity contribution < 1.29 is 4.39 Å². The van der Waals surface area contributed by atoms with E-state index in [0.29, 0.717) is 5.52 Å². The molecule has 15 heavy (non-hydrogen) atoms. The molecule has 0 fully saturated rings. The number of halogens is 1. The van der Waals surface area contributed by atoms with E-state index in [2.05, 4.69) is 4.98 Å². The van der Waals surface area contributed by atoms with Crippen LogP contribution in [-0.4, -0.2) is 4.98 Å². The fraction of sp³-hybridized carbons (Fsp3) is 0.250. The zero-order chi connectivity index (χ0) is 11.0. The van der Waals surface area contributed by atoms with Gasteiger partial charge in [0.05, 0.1) is 0 Å². The molecule has 0 amide bonds. The van der Waals surface area contributed by atoms with Crippen LogP contribution in [0.4, 0.5) is 4.39 Å². The normalized spacial score (nSPS) is 13.1. The summed E-state index contributed by atoms with van der Waals surface area (Å²) >= 11 is 0. The SMILES string of the molecule is Cc1ccc2cc(C(C)N)cc(F)c2n1. The van der Waals surface area contributed by atoms with Gasteiger partial charge in [-0.1, -0.05) is 6.07 Å². The van der Waals surface area contributed by atoms with Crippen molar-refractivity contribution in [1.29, 1.82) is 0 Å². The number of hydrogen-bond acceptors (Lipinski definition) is 2. The zero-order valence-corrected chi connectivity index (χ0v) is 8.79. The number of pyridine rings is 1. The van der Waals surface area contributed by atoms with E-state index in [1.807, 2.05) is 32.0 Å². The van der Waals surface area contributed by atoms with Gasteiger partial charge in [-0.15, -0.1) is 0 Å². The summed E-state index contributed by atoms with van der Waals surface area (Å²) in [6, 6.07) is 6.92. The van der Waals surface area contributed by atoms with Crippen molar-refractivity contribution in [2.24, 2.45) is 5.73 Å². The molecule has 1 atom stereocenters. The van der Waals surface area contributed by atoms with Gasteiger partial charge in [0.25, 0.3) is 0 Å². The first-order valence-corrected chi connectivity index (χ1v) is 4.90. The molecule has 0 aliphatic rings. The van der Waals surface area contributed by atoms with Crippen LogP contribution < -0.4 is 5.73 Å². The van der Waals surface area contributed by atoms with Crippen LogP contribution >= 0.6 is 0 Å². The number of rotatable bonds is 1. The zero-order valence-electron chi connectivity index (χ0n) is 8.79. The van der Waals surface area contributed by atoms with Crippen LogP contribution in [0.15, 0.2) is 24.3 Å². The van der Waals surface area contributed by atoms with Crippen LogP contribution in [0, 0.1) is 12.7 Å². The summed E-state index contributed by atoms with van der Waals surface area (Å²) in [6.07, 6.45) is 0. The van der Waals surface area contributed by atoms with Gasteiger partial charge in [0.15, 0.2) is 0 Å². The number of benzene rings is 1. The van der Waals surface area contributed by atoms with Crippen LogP contribution in [0.25, 0.3) is 10.9 Å². The lowest BCUT2D eigenvalue weighted by molar-refractivity contribution is 0.631. The quantitative estimate of drug-likeness (QED) is 0.775. The van der Waals surface area contributed by atoms with Crippen molar-refractivity contribution in [2.75, 3.05) is 0 Å². The Bertz CT molecular complexity index is 506. The average molecular weight is 204 g/mol. The van der Waals surface area contributed by atoms with E-state index in [0.717, 1.165) is 16.6 Å². The van der Waals surface area contributed by atoms with Crippen LogP contribution in [0.1, 0.15) is 24.2 Å². The second-order valence-corrected chi connectivity index (χ2v) is 3.82. The molecule has 0 aliphatic carbocycles. The summed E-state index contributed by atoms with van der Waals surface area (Å²) in [5.74, 6) is -0.302. The second-order valence-electron chi connectivity index (χ2n) is 3.82. The number of hydrogen-bond donors (Lipinski definition) is 1. The third-order valence-corrected chi connectivity index (χ3v) is 2.43. The maximum absolute atomic E-state index is 13.7. The van der Waals surface area contributed by atoms with Gasteiger partial charge >= 0.3 is 0 Å². The minimum Gasteiger partial charge on any atom is -0.324 e. The summed E-state index contributed by atoms with van der Waals surface area (Å²) in [5, 5.41) is 0.799. The number of fused-ring (bicyclic) bond motifs is 1. The van der Waals surface area contributed by atoms with Gasteiger partial charge in [0.2, 0.25) is 0 Å². The highest BCUT2D eigenvalue weighted by molar-refractivity contribution is 5.80. The monoisotopic (exact) mass is 204 g/mol. The van der Waals surface area contributed by atoms with E-state index in [-0.39, 0.29) is 11.9 Å². The molecule has 0 saturated carbocycles. The van der Waals surface area contributed by atoms with Crippen LogP contribution in [0.2, 0.25) is 0 Å². The summed E-state index contributed by atoms with van der Waals surface area (Å²) in [7, 11) is 0. The van der Waals surface area contributed by atoms with E-state index >= 15 is 0 Å². The molecule has 78 valence electrons. The number of aryl methyl sites for hydroxylation is 1. The molecule has 2 nitrogen and oxygen atoms in total. The molecular formula is C12H13FN2. The Morgan fingerprint density at radius 1 is 1.33 bits per heavy atom. The summed E-state index contributed by atoms with van der Waals surface area (Å²) in [6.45, 7) is 3.68. The van der Waals surface area contributed by atoms with Crippen LogP contribution in [-0.2, 0) is 0 Å². The fourth-order valence-corrected chi connectivity index (χ4v) is 1.57. The molecular weight excluding hydrogens is 191 g/mol. The van der Waals surface area contributed by atoms with E-state index in [1.165, 1.54) is 6.07 Å². The highest BCUT2D eigenvalue weighted by Crippen LogP contribution is 2.21. The van der Waals surface area contributed by atoms with Crippen molar-refractivity contribution in [3.8, 4) is 0 Å². The van der Waals surface area contributed by atoms with Crippen LogP contribution in [0.5, 0.6) is 0 Å². The number of nitrogens with two attached hydrogens (primary N) is 1. The highest BCUT2D eigenvalue weighted by Gasteiger charge is 2.07. The van der Waals surface area contributed by atoms with E-state index in [4.69, 9.17) is 5.73 Å². The van der Waals surface area contributed by atoms with Gasteiger partial charge in [-0.25, -0.2) is 4.39 Å². The highest BCUT2D eigenvalue weighted by atomic mass is 19.1. The molecule has 0 saturated heterocycles. The third-order valence-electron chi connectivity index (χ3n) is 2.43. The van der Waals surface area contributed by atoms with E-state index in [9.17, 15) is 4.39 Å². The van der Waals surface area contributed by atoms with Crippen molar-refractivity contribution in [3.05, 3.63) is 41.3 Å². The second kappa shape index (κ2) is 3.59. The first kappa shape index (κ1) is 10.1. The summed E-state index contributed by atoms with van der Waals surface area (Å²) in [5.41, 5.74) is 7.74. The predicted molar refractivity (Wildman–Crippen MR) is 59.0 cm³/mol. The molecule has 2 rings (SSSR count). The Balaban J connectivity index is 2.73. The van der Waals surface area contributed by atoms with Crippen LogP contribution in [0.3, 0.4) is 0 Å². The smallest absolute Gasteiger partial charge is 0.149 e. The lowest BCUT2D eigenvalue weighted by atomic mass is 10.1. The molecule has 2 aromatic rings.